The van der Waals surface area contributed by atoms with Gasteiger partial charge in [-0.05, 0) is 31.6 Å². The molecule has 0 radical (unpaired) electrons. The topological polar surface area (TPSA) is 76.1 Å². The number of ether oxygens (including phenoxy) is 1. The van der Waals surface area contributed by atoms with Crippen LogP contribution in [-0.2, 0) is 9.53 Å². The summed E-state index contributed by atoms with van der Waals surface area (Å²) in [6.45, 7) is 0. The Hall–Kier alpha value is -2.02. The van der Waals surface area contributed by atoms with Crippen molar-refractivity contribution in [3.63, 3.8) is 0 Å². The number of nitrogens with two attached hydrogens (primary N) is 1. The summed E-state index contributed by atoms with van der Waals surface area (Å²) >= 11 is 0. The van der Waals surface area contributed by atoms with E-state index in [1.807, 2.05) is 0 Å². The van der Waals surface area contributed by atoms with E-state index in [0.717, 1.165) is 37.7 Å². The first kappa shape index (κ1) is 12.7. The number of allylic oxidation sites excluding steroid dienone is 5. The molecule has 0 amide bonds. The number of hydrogen-bond donors (Lipinski definition) is 1. The van der Waals surface area contributed by atoms with Gasteiger partial charge in [0.15, 0.2) is 5.78 Å². The summed E-state index contributed by atoms with van der Waals surface area (Å²) in [5.41, 5.74) is 7.08. The van der Waals surface area contributed by atoms with Crippen molar-refractivity contribution in [2.75, 3.05) is 0 Å². The number of rotatable bonds is 1. The number of Topliss-reactive ketones (excluding diaryl/α,β-unsaturated/α-hetero) is 1. The monoisotopic (exact) mass is 282 g/mol. The molecule has 0 aromatic carbocycles. The summed E-state index contributed by atoms with van der Waals surface area (Å²) in [5, 5.41) is 9.57. The van der Waals surface area contributed by atoms with Crippen LogP contribution in [0.5, 0.6) is 0 Å². The number of nitriles is 1. The summed E-state index contributed by atoms with van der Waals surface area (Å²) in [7, 11) is 0. The van der Waals surface area contributed by atoms with Gasteiger partial charge in [0, 0.05) is 29.7 Å². The second-order valence-electron chi connectivity index (χ2n) is 6.63. The van der Waals surface area contributed by atoms with Crippen LogP contribution in [0.2, 0.25) is 0 Å². The molecule has 3 unspecified atom stereocenters. The maximum absolute atomic E-state index is 12.5. The molecule has 2 N–H and O–H groups in total. The zero-order valence-electron chi connectivity index (χ0n) is 11.9. The molecule has 3 atom stereocenters. The molecule has 1 fully saturated rings. The van der Waals surface area contributed by atoms with Crippen molar-refractivity contribution in [1.82, 2.24) is 0 Å². The van der Waals surface area contributed by atoms with Crippen molar-refractivity contribution in [3.8, 4) is 6.07 Å². The minimum atomic E-state index is -0.192. The van der Waals surface area contributed by atoms with Gasteiger partial charge in [-0.15, -0.1) is 0 Å². The van der Waals surface area contributed by atoms with Crippen LogP contribution in [0.3, 0.4) is 0 Å². The maximum atomic E-state index is 12.5. The van der Waals surface area contributed by atoms with Crippen LogP contribution in [0.15, 0.2) is 34.9 Å². The van der Waals surface area contributed by atoms with E-state index >= 15 is 0 Å². The molecular weight excluding hydrogens is 264 g/mol. The first-order valence-corrected chi connectivity index (χ1v) is 7.68. The van der Waals surface area contributed by atoms with Crippen molar-refractivity contribution in [2.45, 2.75) is 38.5 Å². The van der Waals surface area contributed by atoms with Crippen LogP contribution < -0.4 is 5.73 Å². The van der Waals surface area contributed by atoms with Gasteiger partial charge in [0.05, 0.1) is 5.57 Å². The van der Waals surface area contributed by atoms with Crippen LogP contribution in [-0.4, -0.2) is 5.78 Å². The number of carbonyl (C=O) groups is 1. The van der Waals surface area contributed by atoms with E-state index in [0.29, 0.717) is 23.7 Å². The van der Waals surface area contributed by atoms with Gasteiger partial charge < -0.3 is 10.5 Å². The molecule has 21 heavy (non-hydrogen) atoms. The predicted octanol–water partition coefficient (Wildman–Crippen LogP) is 2.69. The number of nitrogens with zero attached hydrogens (tertiary/aromatic N) is 1. The SMILES string of the molecule is N#CC1=C(N)OC2=C(C(=O)CCC2)C1C12C=CC(CC1)C2. The van der Waals surface area contributed by atoms with E-state index in [1.165, 1.54) is 0 Å². The molecular formula is C17H18N2O2. The zero-order valence-corrected chi connectivity index (χ0v) is 11.9. The van der Waals surface area contributed by atoms with Gasteiger partial charge in [0.2, 0.25) is 5.88 Å². The Morgan fingerprint density at radius 3 is 2.90 bits per heavy atom. The first-order chi connectivity index (χ1) is 10.1. The number of carbonyl (C=O) groups excluding carboxylic acids is 1. The number of fused-ring (bicyclic) bond motifs is 2. The van der Waals surface area contributed by atoms with Crippen molar-refractivity contribution < 1.29 is 9.53 Å². The quantitative estimate of drug-likeness (QED) is 0.750. The third kappa shape index (κ3) is 1.64. The molecule has 4 rings (SSSR count). The third-order valence-electron chi connectivity index (χ3n) is 5.50. The van der Waals surface area contributed by atoms with Crippen LogP contribution in [0.25, 0.3) is 0 Å². The van der Waals surface area contributed by atoms with E-state index < -0.39 is 0 Å². The highest BCUT2D eigenvalue weighted by Gasteiger charge is 2.53. The normalized spacial score (nSPS) is 37.6. The van der Waals surface area contributed by atoms with Crippen molar-refractivity contribution >= 4 is 5.78 Å². The summed E-state index contributed by atoms with van der Waals surface area (Å²) in [6, 6.07) is 2.22. The molecule has 108 valence electrons. The lowest BCUT2D eigenvalue weighted by atomic mass is 9.65. The van der Waals surface area contributed by atoms with Gasteiger partial charge in [0.1, 0.15) is 11.8 Å². The summed E-state index contributed by atoms with van der Waals surface area (Å²) in [5.74, 6) is 1.46. The largest absolute Gasteiger partial charge is 0.444 e. The maximum Gasteiger partial charge on any atom is 0.204 e. The Labute approximate surface area is 123 Å². The fraction of sp³-hybridized carbons (Fsp3) is 0.529. The Morgan fingerprint density at radius 1 is 1.43 bits per heavy atom. The molecule has 1 saturated carbocycles. The van der Waals surface area contributed by atoms with Crippen LogP contribution in [0.1, 0.15) is 38.5 Å². The lowest BCUT2D eigenvalue weighted by Crippen LogP contribution is -2.37. The Kier molecular flexibility index (Phi) is 2.56. The van der Waals surface area contributed by atoms with Crippen LogP contribution in [0.4, 0.5) is 0 Å². The smallest absolute Gasteiger partial charge is 0.204 e. The Balaban J connectivity index is 1.89. The van der Waals surface area contributed by atoms with Gasteiger partial charge in [-0.25, -0.2) is 0 Å². The second-order valence-corrected chi connectivity index (χ2v) is 6.63. The van der Waals surface area contributed by atoms with Gasteiger partial charge >= 0.3 is 0 Å². The highest BCUT2D eigenvalue weighted by molar-refractivity contribution is 5.98. The highest BCUT2D eigenvalue weighted by atomic mass is 16.5. The fourth-order valence-corrected chi connectivity index (χ4v) is 4.58. The van der Waals surface area contributed by atoms with E-state index in [1.54, 1.807) is 0 Å². The molecule has 1 aliphatic heterocycles. The highest BCUT2D eigenvalue weighted by Crippen LogP contribution is 2.59. The molecule has 0 spiro atoms. The average Bonchev–Trinajstić information content (AvgIpc) is 3.07. The second kappa shape index (κ2) is 4.24. The summed E-state index contributed by atoms with van der Waals surface area (Å²) in [6.07, 6.45) is 9.79. The van der Waals surface area contributed by atoms with Crippen molar-refractivity contribution in [2.24, 2.45) is 23.0 Å². The summed E-state index contributed by atoms with van der Waals surface area (Å²) < 4.78 is 5.63. The van der Waals surface area contributed by atoms with E-state index in [-0.39, 0.29) is 23.0 Å². The molecule has 2 bridgehead atoms. The minimum Gasteiger partial charge on any atom is -0.444 e. The molecule has 0 aromatic rings. The van der Waals surface area contributed by atoms with Crippen LogP contribution >= 0.6 is 0 Å². The first-order valence-electron chi connectivity index (χ1n) is 7.68. The molecule has 4 heteroatoms. The Bertz CT molecular complexity index is 665. The molecule has 4 aliphatic rings. The van der Waals surface area contributed by atoms with Gasteiger partial charge in [-0.2, -0.15) is 5.26 Å². The van der Waals surface area contributed by atoms with Gasteiger partial charge in [-0.1, -0.05) is 12.2 Å². The van der Waals surface area contributed by atoms with Gasteiger partial charge in [-0.3, -0.25) is 4.79 Å². The van der Waals surface area contributed by atoms with E-state index in [2.05, 4.69) is 18.2 Å². The lowest BCUT2D eigenvalue weighted by Gasteiger charge is -2.39. The molecule has 3 aliphatic carbocycles. The molecule has 0 aromatic heterocycles. The van der Waals surface area contributed by atoms with E-state index in [9.17, 15) is 10.1 Å². The standard InChI is InChI=1S/C17H18N2O2/c18-9-11-15(17-6-4-10(8-17)5-7-17)14-12(20)2-1-3-13(14)21-16(11)19/h4,6,10,15H,1-3,5,7-8,19H2. The predicted molar refractivity (Wildman–Crippen MR) is 76.2 cm³/mol. The van der Waals surface area contributed by atoms with Crippen molar-refractivity contribution in [3.05, 3.63) is 34.9 Å². The van der Waals surface area contributed by atoms with E-state index in [4.69, 9.17) is 10.5 Å². The number of ketones is 1. The third-order valence-corrected chi connectivity index (χ3v) is 5.50. The summed E-state index contributed by atoms with van der Waals surface area (Å²) in [4.78, 5) is 12.5. The molecule has 4 nitrogen and oxygen atoms in total. The minimum absolute atomic E-state index is 0.0995. The van der Waals surface area contributed by atoms with Gasteiger partial charge in [0.25, 0.3) is 0 Å². The average molecular weight is 282 g/mol. The fourth-order valence-electron chi connectivity index (χ4n) is 4.58. The Morgan fingerprint density at radius 2 is 2.29 bits per heavy atom. The van der Waals surface area contributed by atoms with Crippen LogP contribution in [0, 0.1) is 28.6 Å². The number of hydrogen-bond acceptors (Lipinski definition) is 4. The lowest BCUT2D eigenvalue weighted by molar-refractivity contribution is -0.117. The molecule has 1 heterocycles. The molecule has 0 saturated heterocycles. The zero-order chi connectivity index (χ0) is 14.6. The van der Waals surface area contributed by atoms with Crippen molar-refractivity contribution in [1.29, 1.82) is 5.26 Å².